The Labute approximate surface area is 80.7 Å². The minimum atomic E-state index is 0.753. The van der Waals surface area contributed by atoms with Crippen molar-refractivity contribution in [3.05, 3.63) is 36.4 Å². The van der Waals surface area contributed by atoms with E-state index in [0.29, 0.717) is 0 Å². The highest BCUT2D eigenvalue weighted by Crippen LogP contribution is 2.41. The van der Waals surface area contributed by atoms with E-state index in [2.05, 4.69) is 36.4 Å². The molecule has 0 spiro atoms. The second kappa shape index (κ2) is 2.67. The summed E-state index contributed by atoms with van der Waals surface area (Å²) in [6.45, 7) is 0. The van der Waals surface area contributed by atoms with Gasteiger partial charge >= 0.3 is 0 Å². The number of benzene rings is 2. The van der Waals surface area contributed by atoms with Crippen LogP contribution >= 0.6 is 11.8 Å². The van der Waals surface area contributed by atoms with Crippen LogP contribution < -0.4 is 4.74 Å². The molecule has 1 aliphatic heterocycles. The summed E-state index contributed by atoms with van der Waals surface area (Å²) in [5, 5.41) is 2.48. The van der Waals surface area contributed by atoms with Crippen molar-refractivity contribution in [3.63, 3.8) is 0 Å². The van der Waals surface area contributed by atoms with Gasteiger partial charge in [-0.1, -0.05) is 42.1 Å². The van der Waals surface area contributed by atoms with Crippen molar-refractivity contribution in [3.8, 4) is 5.75 Å². The predicted molar refractivity (Wildman–Crippen MR) is 55.3 cm³/mol. The zero-order valence-corrected chi connectivity index (χ0v) is 7.80. The molecular weight excluding hydrogens is 180 g/mol. The third-order valence-electron chi connectivity index (χ3n) is 2.26. The van der Waals surface area contributed by atoms with E-state index in [1.54, 1.807) is 11.8 Å². The molecule has 0 saturated heterocycles. The van der Waals surface area contributed by atoms with Crippen LogP contribution in [0.2, 0.25) is 0 Å². The second-order valence-electron chi connectivity index (χ2n) is 3.02. The van der Waals surface area contributed by atoms with Gasteiger partial charge in [-0.3, -0.25) is 0 Å². The minimum absolute atomic E-state index is 0.753. The van der Waals surface area contributed by atoms with Crippen molar-refractivity contribution in [2.75, 3.05) is 5.94 Å². The fraction of sp³-hybridized carbons (Fsp3) is 0.0909. The van der Waals surface area contributed by atoms with Crippen molar-refractivity contribution in [2.24, 2.45) is 0 Å². The summed E-state index contributed by atoms with van der Waals surface area (Å²) in [5.74, 6) is 1.81. The van der Waals surface area contributed by atoms with Gasteiger partial charge in [0, 0.05) is 5.39 Å². The molecule has 0 aliphatic carbocycles. The normalized spacial score (nSPS) is 14.2. The van der Waals surface area contributed by atoms with E-state index in [9.17, 15) is 0 Å². The van der Waals surface area contributed by atoms with E-state index >= 15 is 0 Å². The maximum absolute atomic E-state index is 5.57. The number of thioether (sulfide) groups is 1. The fourth-order valence-corrected chi connectivity index (χ4v) is 2.41. The van der Waals surface area contributed by atoms with Gasteiger partial charge in [0.1, 0.15) is 11.7 Å². The highest BCUT2D eigenvalue weighted by atomic mass is 32.2. The number of hydrogen-bond acceptors (Lipinski definition) is 2. The third-order valence-corrected chi connectivity index (χ3v) is 3.13. The Balaban J connectivity index is 2.43. The summed E-state index contributed by atoms with van der Waals surface area (Å²) in [4.78, 5) is 1.26. The summed E-state index contributed by atoms with van der Waals surface area (Å²) >= 11 is 1.76. The van der Waals surface area contributed by atoms with E-state index in [-0.39, 0.29) is 0 Å². The Morgan fingerprint density at radius 1 is 1.08 bits per heavy atom. The van der Waals surface area contributed by atoms with Crippen molar-refractivity contribution in [1.82, 2.24) is 0 Å². The Kier molecular flexibility index (Phi) is 1.49. The first-order valence-corrected chi connectivity index (χ1v) is 5.21. The van der Waals surface area contributed by atoms with Crippen molar-refractivity contribution in [1.29, 1.82) is 0 Å². The highest BCUT2D eigenvalue weighted by molar-refractivity contribution is 7.99. The molecule has 2 heteroatoms. The van der Waals surface area contributed by atoms with Crippen LogP contribution in [0, 0.1) is 0 Å². The lowest BCUT2D eigenvalue weighted by molar-refractivity contribution is 0.402. The van der Waals surface area contributed by atoms with Crippen LogP contribution in [0.5, 0.6) is 5.75 Å². The van der Waals surface area contributed by atoms with Gasteiger partial charge in [0.25, 0.3) is 0 Å². The summed E-state index contributed by atoms with van der Waals surface area (Å²) in [7, 11) is 0. The van der Waals surface area contributed by atoms with Crippen LogP contribution in [0.15, 0.2) is 41.3 Å². The quantitative estimate of drug-likeness (QED) is 0.627. The summed E-state index contributed by atoms with van der Waals surface area (Å²) in [5.41, 5.74) is 0. The van der Waals surface area contributed by atoms with Crippen LogP contribution in [-0.4, -0.2) is 5.94 Å². The van der Waals surface area contributed by atoms with Gasteiger partial charge < -0.3 is 4.74 Å². The molecule has 2 aromatic rings. The Morgan fingerprint density at radius 3 is 3.00 bits per heavy atom. The molecule has 13 heavy (non-hydrogen) atoms. The van der Waals surface area contributed by atoms with E-state index in [1.165, 1.54) is 15.7 Å². The number of rotatable bonds is 0. The van der Waals surface area contributed by atoms with Crippen LogP contribution in [0.25, 0.3) is 10.8 Å². The zero-order valence-electron chi connectivity index (χ0n) is 6.99. The molecule has 0 aromatic heterocycles. The molecule has 1 nitrogen and oxygen atoms in total. The molecular formula is C11H8OS. The topological polar surface area (TPSA) is 9.23 Å². The molecule has 0 atom stereocenters. The Morgan fingerprint density at radius 2 is 2.00 bits per heavy atom. The SMILES string of the molecule is c1ccc2c3c(ccc2c1)SCO3. The lowest BCUT2D eigenvalue weighted by Gasteiger charge is -2.02. The standard InChI is InChI=1S/C11H8OS/c1-2-4-9-8(3-1)5-6-10-11(9)12-7-13-10/h1-6H,7H2. The van der Waals surface area contributed by atoms with Crippen molar-refractivity contribution < 1.29 is 4.74 Å². The molecule has 64 valence electrons. The first kappa shape index (κ1) is 7.27. The summed E-state index contributed by atoms with van der Waals surface area (Å²) < 4.78 is 5.57. The van der Waals surface area contributed by atoms with E-state index in [1.807, 2.05) is 0 Å². The van der Waals surface area contributed by atoms with Crippen LogP contribution in [0.1, 0.15) is 0 Å². The van der Waals surface area contributed by atoms with Crippen LogP contribution in [-0.2, 0) is 0 Å². The van der Waals surface area contributed by atoms with Gasteiger partial charge in [-0.25, -0.2) is 0 Å². The molecule has 3 rings (SSSR count). The fourth-order valence-electron chi connectivity index (χ4n) is 1.64. The van der Waals surface area contributed by atoms with Crippen molar-refractivity contribution in [2.45, 2.75) is 4.90 Å². The van der Waals surface area contributed by atoms with Gasteiger partial charge in [-0.15, -0.1) is 0 Å². The highest BCUT2D eigenvalue weighted by Gasteiger charge is 2.14. The number of hydrogen-bond donors (Lipinski definition) is 0. The average Bonchev–Trinajstić information content (AvgIpc) is 2.65. The van der Waals surface area contributed by atoms with E-state index < -0.39 is 0 Å². The van der Waals surface area contributed by atoms with Crippen LogP contribution in [0.4, 0.5) is 0 Å². The number of fused-ring (bicyclic) bond motifs is 3. The van der Waals surface area contributed by atoms with E-state index in [4.69, 9.17) is 4.74 Å². The second-order valence-corrected chi connectivity index (χ2v) is 3.98. The van der Waals surface area contributed by atoms with Gasteiger partial charge in [-0.2, -0.15) is 0 Å². The van der Waals surface area contributed by atoms with E-state index in [0.717, 1.165) is 11.7 Å². The predicted octanol–water partition coefficient (Wildman–Crippen LogP) is 3.28. The lowest BCUT2D eigenvalue weighted by Crippen LogP contribution is -1.84. The molecule has 0 unspecified atom stereocenters. The maximum Gasteiger partial charge on any atom is 0.142 e. The molecule has 0 N–H and O–H groups in total. The molecule has 0 bridgehead atoms. The molecule has 2 aromatic carbocycles. The monoisotopic (exact) mass is 188 g/mol. The minimum Gasteiger partial charge on any atom is -0.481 e. The van der Waals surface area contributed by atoms with Crippen LogP contribution in [0.3, 0.4) is 0 Å². The van der Waals surface area contributed by atoms with Gasteiger partial charge in [0.05, 0.1) is 4.90 Å². The first-order valence-electron chi connectivity index (χ1n) is 4.22. The molecule has 0 radical (unpaired) electrons. The molecule has 0 fully saturated rings. The molecule has 0 saturated carbocycles. The molecule has 1 aliphatic rings. The lowest BCUT2D eigenvalue weighted by atomic mass is 10.1. The number of ether oxygens (including phenoxy) is 1. The molecule has 0 amide bonds. The Bertz CT molecular complexity index is 465. The average molecular weight is 188 g/mol. The van der Waals surface area contributed by atoms with Crippen molar-refractivity contribution >= 4 is 22.5 Å². The first-order chi connectivity index (χ1) is 6.45. The maximum atomic E-state index is 5.57. The Hall–Kier alpha value is -1.15. The third kappa shape index (κ3) is 1.02. The van der Waals surface area contributed by atoms with Gasteiger partial charge in [0.15, 0.2) is 0 Å². The van der Waals surface area contributed by atoms with Gasteiger partial charge in [0.2, 0.25) is 0 Å². The molecule has 1 heterocycles. The summed E-state index contributed by atoms with van der Waals surface area (Å²) in [6, 6.07) is 12.6. The van der Waals surface area contributed by atoms with Gasteiger partial charge in [-0.05, 0) is 11.5 Å². The summed E-state index contributed by atoms with van der Waals surface area (Å²) in [6.07, 6.45) is 0. The smallest absolute Gasteiger partial charge is 0.142 e. The largest absolute Gasteiger partial charge is 0.481 e. The zero-order chi connectivity index (χ0) is 8.67.